The van der Waals surface area contributed by atoms with Crippen molar-refractivity contribution in [3.05, 3.63) is 29.6 Å². The third kappa shape index (κ3) is 3.53. The van der Waals surface area contributed by atoms with Gasteiger partial charge in [0.25, 0.3) is 5.91 Å². The molecular weight excluding hydrogens is 214 g/mol. The minimum atomic E-state index is -0.0249. The molecule has 1 unspecified atom stereocenters. The van der Waals surface area contributed by atoms with Gasteiger partial charge >= 0.3 is 0 Å². The largest absolute Gasteiger partial charge is 0.352 e. The summed E-state index contributed by atoms with van der Waals surface area (Å²) in [6.07, 6.45) is 4.02. The van der Waals surface area contributed by atoms with Crippen molar-refractivity contribution in [2.75, 3.05) is 19.6 Å². The Labute approximate surface area is 102 Å². The Morgan fingerprint density at radius 1 is 1.59 bits per heavy atom. The number of aromatic nitrogens is 1. The highest BCUT2D eigenvalue weighted by atomic mass is 16.1. The van der Waals surface area contributed by atoms with E-state index < -0.39 is 0 Å². The van der Waals surface area contributed by atoms with E-state index in [1.807, 2.05) is 19.1 Å². The lowest BCUT2D eigenvalue weighted by Gasteiger charge is -2.22. The van der Waals surface area contributed by atoms with E-state index in [0.717, 1.165) is 25.3 Å². The van der Waals surface area contributed by atoms with Gasteiger partial charge in [0.15, 0.2) is 0 Å². The zero-order chi connectivity index (χ0) is 12.1. The van der Waals surface area contributed by atoms with Crippen molar-refractivity contribution in [3.63, 3.8) is 0 Å². The number of nitrogens with one attached hydrogen (secondary N) is 2. The summed E-state index contributed by atoms with van der Waals surface area (Å²) in [5.41, 5.74) is 1.57. The van der Waals surface area contributed by atoms with Crippen LogP contribution in [0.2, 0.25) is 0 Å². The van der Waals surface area contributed by atoms with Crippen LogP contribution in [-0.4, -0.2) is 30.5 Å². The lowest BCUT2D eigenvalue weighted by Crippen LogP contribution is -2.38. The van der Waals surface area contributed by atoms with Crippen molar-refractivity contribution in [2.24, 2.45) is 5.92 Å². The van der Waals surface area contributed by atoms with Gasteiger partial charge in [0, 0.05) is 18.4 Å². The van der Waals surface area contributed by atoms with Gasteiger partial charge in [0.05, 0.1) is 5.56 Å². The van der Waals surface area contributed by atoms with Crippen LogP contribution < -0.4 is 10.6 Å². The molecule has 0 saturated carbocycles. The molecule has 1 aromatic rings. The fourth-order valence-corrected chi connectivity index (χ4v) is 2.04. The zero-order valence-electron chi connectivity index (χ0n) is 10.2. The van der Waals surface area contributed by atoms with Crippen LogP contribution in [0.25, 0.3) is 0 Å². The molecule has 2 N–H and O–H groups in total. The molecule has 1 aliphatic heterocycles. The Morgan fingerprint density at radius 2 is 2.47 bits per heavy atom. The van der Waals surface area contributed by atoms with Crippen molar-refractivity contribution in [1.29, 1.82) is 0 Å². The van der Waals surface area contributed by atoms with Crippen LogP contribution in [0.3, 0.4) is 0 Å². The maximum absolute atomic E-state index is 11.8. The molecular formula is C13H19N3O. The first-order valence-electron chi connectivity index (χ1n) is 6.17. The fraction of sp³-hybridized carbons (Fsp3) is 0.538. The number of carbonyl (C=O) groups excluding carboxylic acids is 1. The summed E-state index contributed by atoms with van der Waals surface area (Å²) in [5.74, 6) is 0.536. The number of nitrogens with zero attached hydrogens (tertiary/aromatic N) is 1. The second-order valence-corrected chi connectivity index (χ2v) is 4.61. The summed E-state index contributed by atoms with van der Waals surface area (Å²) in [6, 6.07) is 3.67. The summed E-state index contributed by atoms with van der Waals surface area (Å²) < 4.78 is 0. The van der Waals surface area contributed by atoms with Gasteiger partial charge in [-0.05, 0) is 50.9 Å². The van der Waals surface area contributed by atoms with Crippen LogP contribution in [0.5, 0.6) is 0 Å². The van der Waals surface area contributed by atoms with Gasteiger partial charge in [0.1, 0.15) is 0 Å². The van der Waals surface area contributed by atoms with Crippen LogP contribution >= 0.6 is 0 Å². The highest BCUT2D eigenvalue weighted by Crippen LogP contribution is 2.08. The smallest absolute Gasteiger partial charge is 0.252 e. The molecule has 4 nitrogen and oxygen atoms in total. The summed E-state index contributed by atoms with van der Waals surface area (Å²) in [6.45, 7) is 4.77. The maximum Gasteiger partial charge on any atom is 0.252 e. The molecule has 2 heterocycles. The van der Waals surface area contributed by atoms with Crippen LogP contribution in [0.15, 0.2) is 18.3 Å². The topological polar surface area (TPSA) is 54.0 Å². The van der Waals surface area contributed by atoms with E-state index >= 15 is 0 Å². The van der Waals surface area contributed by atoms with Crippen molar-refractivity contribution >= 4 is 5.91 Å². The molecule has 0 spiro atoms. The van der Waals surface area contributed by atoms with E-state index in [1.54, 1.807) is 6.20 Å². The molecule has 0 aromatic carbocycles. The molecule has 92 valence electrons. The first kappa shape index (κ1) is 12.0. The molecule has 0 bridgehead atoms. The fourth-order valence-electron chi connectivity index (χ4n) is 2.04. The van der Waals surface area contributed by atoms with E-state index in [-0.39, 0.29) is 5.91 Å². The Balaban J connectivity index is 1.82. The highest BCUT2D eigenvalue weighted by molar-refractivity contribution is 5.93. The summed E-state index contributed by atoms with van der Waals surface area (Å²) in [4.78, 5) is 15.9. The third-order valence-electron chi connectivity index (χ3n) is 3.12. The van der Waals surface area contributed by atoms with E-state index in [1.165, 1.54) is 12.8 Å². The van der Waals surface area contributed by atoms with Gasteiger partial charge < -0.3 is 10.6 Å². The predicted octanol–water partition coefficient (Wildman–Crippen LogP) is 1.12. The van der Waals surface area contributed by atoms with Gasteiger partial charge in [-0.1, -0.05) is 0 Å². The highest BCUT2D eigenvalue weighted by Gasteiger charge is 2.14. The standard InChI is InChI=1S/C13H19N3O/c1-10-4-5-12(9-15-10)13(17)16-8-11-3-2-6-14-7-11/h4-5,9,11,14H,2-3,6-8H2,1H3,(H,16,17). The molecule has 0 radical (unpaired) electrons. The Hall–Kier alpha value is -1.42. The first-order chi connectivity index (χ1) is 8.25. The summed E-state index contributed by atoms with van der Waals surface area (Å²) >= 11 is 0. The summed E-state index contributed by atoms with van der Waals surface area (Å²) in [5, 5.41) is 6.31. The van der Waals surface area contributed by atoms with E-state index in [2.05, 4.69) is 15.6 Å². The molecule has 1 aliphatic rings. The number of carbonyl (C=O) groups is 1. The molecule has 1 atom stereocenters. The van der Waals surface area contributed by atoms with Crippen LogP contribution in [0.1, 0.15) is 28.9 Å². The van der Waals surface area contributed by atoms with Crippen molar-refractivity contribution in [2.45, 2.75) is 19.8 Å². The van der Waals surface area contributed by atoms with Gasteiger partial charge in [-0.25, -0.2) is 0 Å². The van der Waals surface area contributed by atoms with Crippen LogP contribution in [-0.2, 0) is 0 Å². The zero-order valence-corrected chi connectivity index (χ0v) is 10.2. The van der Waals surface area contributed by atoms with Gasteiger partial charge in [-0.2, -0.15) is 0 Å². The van der Waals surface area contributed by atoms with E-state index in [0.29, 0.717) is 11.5 Å². The Morgan fingerprint density at radius 3 is 3.12 bits per heavy atom. The SMILES string of the molecule is Cc1ccc(C(=O)NCC2CCCNC2)cn1. The van der Waals surface area contributed by atoms with Crippen molar-refractivity contribution in [3.8, 4) is 0 Å². The molecule has 2 rings (SSSR count). The predicted molar refractivity (Wildman–Crippen MR) is 66.9 cm³/mol. The minimum Gasteiger partial charge on any atom is -0.352 e. The van der Waals surface area contributed by atoms with E-state index in [9.17, 15) is 4.79 Å². The monoisotopic (exact) mass is 233 g/mol. The van der Waals surface area contributed by atoms with Crippen molar-refractivity contribution < 1.29 is 4.79 Å². The molecule has 1 fully saturated rings. The number of pyridine rings is 1. The van der Waals surface area contributed by atoms with Crippen LogP contribution in [0, 0.1) is 12.8 Å². The first-order valence-corrected chi connectivity index (χ1v) is 6.17. The molecule has 17 heavy (non-hydrogen) atoms. The van der Waals surface area contributed by atoms with Crippen LogP contribution in [0.4, 0.5) is 0 Å². The molecule has 4 heteroatoms. The Kier molecular flexibility index (Phi) is 4.09. The number of hydrogen-bond donors (Lipinski definition) is 2. The number of hydrogen-bond acceptors (Lipinski definition) is 3. The minimum absolute atomic E-state index is 0.0249. The maximum atomic E-state index is 11.8. The quantitative estimate of drug-likeness (QED) is 0.822. The average molecular weight is 233 g/mol. The molecule has 1 aromatic heterocycles. The molecule has 0 aliphatic carbocycles. The summed E-state index contributed by atoms with van der Waals surface area (Å²) in [7, 11) is 0. The number of amides is 1. The molecule has 1 amide bonds. The number of piperidine rings is 1. The lowest BCUT2D eigenvalue weighted by molar-refractivity contribution is 0.0944. The van der Waals surface area contributed by atoms with Gasteiger partial charge in [-0.15, -0.1) is 0 Å². The molecule has 1 saturated heterocycles. The average Bonchev–Trinajstić information content (AvgIpc) is 2.38. The number of aryl methyl sites for hydroxylation is 1. The Bertz CT molecular complexity index is 369. The van der Waals surface area contributed by atoms with Crippen molar-refractivity contribution in [1.82, 2.24) is 15.6 Å². The van der Waals surface area contributed by atoms with Gasteiger partial charge in [-0.3, -0.25) is 9.78 Å². The lowest BCUT2D eigenvalue weighted by atomic mass is 10.00. The number of rotatable bonds is 3. The van der Waals surface area contributed by atoms with Gasteiger partial charge in [0.2, 0.25) is 0 Å². The second-order valence-electron chi connectivity index (χ2n) is 4.61. The normalized spacial score (nSPS) is 19.9. The third-order valence-corrected chi connectivity index (χ3v) is 3.12. The van der Waals surface area contributed by atoms with E-state index in [4.69, 9.17) is 0 Å². The second kappa shape index (κ2) is 5.77.